The zero-order valence-corrected chi connectivity index (χ0v) is 12.4. The monoisotopic (exact) mass is 305 g/mol. The first-order valence-corrected chi connectivity index (χ1v) is 7.58. The van der Waals surface area contributed by atoms with Gasteiger partial charge in [-0.3, -0.25) is 14.9 Å². The number of hydrogen-bond donors (Lipinski definition) is 1. The molecule has 1 fully saturated rings. The van der Waals surface area contributed by atoms with E-state index in [-0.39, 0.29) is 17.6 Å². The largest absolute Gasteiger partial charge is 0.369 e. The van der Waals surface area contributed by atoms with Gasteiger partial charge in [0.05, 0.1) is 4.92 Å². The molecule has 0 aliphatic carbocycles. The van der Waals surface area contributed by atoms with Crippen LogP contribution in [0.4, 0.5) is 11.4 Å². The fourth-order valence-electron chi connectivity index (χ4n) is 3.39. The van der Waals surface area contributed by atoms with E-state index >= 15 is 0 Å². The molecule has 0 bridgehead atoms. The number of amides is 1. The zero-order chi connectivity index (χ0) is 15.9. The van der Waals surface area contributed by atoms with E-state index in [1.54, 1.807) is 6.07 Å². The highest BCUT2D eigenvalue weighted by Gasteiger charge is 2.41. The Morgan fingerprint density at radius 2 is 2.23 bits per heavy atom. The number of anilines is 1. The van der Waals surface area contributed by atoms with Gasteiger partial charge < -0.3 is 14.9 Å². The van der Waals surface area contributed by atoms with E-state index < -0.39 is 11.2 Å². The second kappa shape index (κ2) is 5.57. The average molecular weight is 305 g/mol. The molecule has 22 heavy (non-hydrogen) atoms. The number of hydrogen-bond acceptors (Lipinski definition) is 5. The van der Waals surface area contributed by atoms with Gasteiger partial charge in [0.25, 0.3) is 5.69 Å². The summed E-state index contributed by atoms with van der Waals surface area (Å²) in [7, 11) is 0. The van der Waals surface area contributed by atoms with Crippen molar-refractivity contribution in [1.29, 1.82) is 0 Å². The summed E-state index contributed by atoms with van der Waals surface area (Å²) in [5, 5.41) is 21.6. The molecule has 0 saturated carbocycles. The summed E-state index contributed by atoms with van der Waals surface area (Å²) < 4.78 is 0. The van der Waals surface area contributed by atoms with Crippen LogP contribution >= 0.6 is 0 Å². The van der Waals surface area contributed by atoms with Gasteiger partial charge in [-0.2, -0.15) is 0 Å². The minimum Gasteiger partial charge on any atom is -0.369 e. The van der Waals surface area contributed by atoms with Crippen molar-refractivity contribution in [2.75, 3.05) is 18.0 Å². The first kappa shape index (κ1) is 14.8. The van der Waals surface area contributed by atoms with Gasteiger partial charge in [0.15, 0.2) is 6.23 Å². The van der Waals surface area contributed by atoms with Crippen LogP contribution in [0.1, 0.15) is 38.0 Å². The number of nitrogens with zero attached hydrogens (tertiary/aromatic N) is 3. The van der Waals surface area contributed by atoms with Crippen LogP contribution in [-0.2, 0) is 4.79 Å². The molecule has 7 nitrogen and oxygen atoms in total. The number of benzene rings is 1. The number of nitro benzene ring substituents is 1. The summed E-state index contributed by atoms with van der Waals surface area (Å²) in [6, 6.07) is 4.19. The predicted molar refractivity (Wildman–Crippen MR) is 80.4 cm³/mol. The molecule has 2 heterocycles. The van der Waals surface area contributed by atoms with Crippen molar-refractivity contribution in [2.24, 2.45) is 0 Å². The number of aliphatic hydroxyl groups is 1. The molecule has 0 spiro atoms. The predicted octanol–water partition coefficient (Wildman–Crippen LogP) is 1.81. The summed E-state index contributed by atoms with van der Waals surface area (Å²) in [5.41, 5.74) is 1.10. The van der Waals surface area contributed by atoms with Crippen molar-refractivity contribution in [3.05, 3.63) is 33.9 Å². The van der Waals surface area contributed by atoms with Gasteiger partial charge in [-0.25, -0.2) is 0 Å². The molecular formula is C15H19N3O4. The number of carbonyl (C=O) groups is 1. The highest BCUT2D eigenvalue weighted by Crippen LogP contribution is 2.39. The summed E-state index contributed by atoms with van der Waals surface area (Å²) in [4.78, 5) is 26.6. The van der Waals surface area contributed by atoms with Gasteiger partial charge in [0, 0.05) is 36.5 Å². The Kier molecular flexibility index (Phi) is 3.74. The summed E-state index contributed by atoms with van der Waals surface area (Å²) in [5.74, 6) is -0.0919. The molecule has 2 atom stereocenters. The SMILES string of the molecule is CCCN1C(=O)[C@H]2CCCN2c2ccc([N+](=O)[O-])cc2[C@H]1O. The molecule has 1 amide bonds. The molecule has 3 rings (SSSR count). The molecule has 2 aliphatic heterocycles. The van der Waals surface area contributed by atoms with E-state index in [2.05, 4.69) is 0 Å². The summed E-state index contributed by atoms with van der Waals surface area (Å²) >= 11 is 0. The molecule has 0 radical (unpaired) electrons. The highest BCUT2D eigenvalue weighted by atomic mass is 16.6. The fourth-order valence-corrected chi connectivity index (χ4v) is 3.39. The van der Waals surface area contributed by atoms with Gasteiger partial charge >= 0.3 is 0 Å². The Hall–Kier alpha value is -2.15. The number of aliphatic hydroxyl groups excluding tert-OH is 1. The minimum atomic E-state index is -1.13. The maximum Gasteiger partial charge on any atom is 0.270 e. The Bertz CT molecular complexity index is 619. The Morgan fingerprint density at radius 1 is 1.45 bits per heavy atom. The normalized spacial score (nSPS) is 24.0. The number of carbonyl (C=O) groups excluding carboxylic acids is 1. The average Bonchev–Trinajstić information content (AvgIpc) is 2.97. The lowest BCUT2D eigenvalue weighted by atomic mass is 10.1. The molecule has 0 unspecified atom stereocenters. The summed E-state index contributed by atoms with van der Waals surface area (Å²) in [6.45, 7) is 3.10. The van der Waals surface area contributed by atoms with E-state index in [9.17, 15) is 20.0 Å². The van der Waals surface area contributed by atoms with Crippen LogP contribution in [0, 0.1) is 10.1 Å². The summed E-state index contributed by atoms with van der Waals surface area (Å²) in [6.07, 6.45) is 1.25. The highest BCUT2D eigenvalue weighted by molar-refractivity contribution is 5.88. The molecule has 1 aromatic rings. The van der Waals surface area contributed by atoms with Crippen molar-refractivity contribution in [2.45, 2.75) is 38.5 Å². The molecule has 1 saturated heterocycles. The minimum absolute atomic E-state index is 0.0701. The van der Waals surface area contributed by atoms with Crippen LogP contribution in [0.5, 0.6) is 0 Å². The Morgan fingerprint density at radius 3 is 2.91 bits per heavy atom. The second-order valence-electron chi connectivity index (χ2n) is 5.76. The lowest BCUT2D eigenvalue weighted by molar-refractivity contribution is -0.385. The van der Waals surface area contributed by atoms with Gasteiger partial charge in [0.1, 0.15) is 6.04 Å². The van der Waals surface area contributed by atoms with Crippen molar-refractivity contribution < 1.29 is 14.8 Å². The quantitative estimate of drug-likeness (QED) is 0.679. The molecule has 1 N–H and O–H groups in total. The van der Waals surface area contributed by atoms with Crippen molar-refractivity contribution in [3.63, 3.8) is 0 Å². The zero-order valence-electron chi connectivity index (χ0n) is 12.4. The molecule has 1 aromatic carbocycles. The van der Waals surface area contributed by atoms with Crippen molar-refractivity contribution in [1.82, 2.24) is 4.90 Å². The topological polar surface area (TPSA) is 86.9 Å². The van der Waals surface area contributed by atoms with E-state index in [1.165, 1.54) is 17.0 Å². The molecule has 7 heteroatoms. The van der Waals surface area contributed by atoms with Gasteiger partial charge in [-0.15, -0.1) is 0 Å². The first-order chi connectivity index (χ1) is 10.5. The van der Waals surface area contributed by atoms with Gasteiger partial charge in [-0.05, 0) is 25.3 Å². The number of nitro groups is 1. The van der Waals surface area contributed by atoms with Crippen LogP contribution < -0.4 is 4.90 Å². The van der Waals surface area contributed by atoms with Crippen LogP contribution in [0.25, 0.3) is 0 Å². The standard InChI is InChI=1S/C15H19N3O4/c1-2-7-17-14(19)11-9-10(18(21)22)5-6-12(11)16-8-3-4-13(16)15(17)20/h5-6,9,13-14,19H,2-4,7-8H2,1H3/t13-,14-/m1/s1. The van der Waals surface area contributed by atoms with Crippen LogP contribution in [0.3, 0.4) is 0 Å². The maximum absolute atomic E-state index is 12.7. The van der Waals surface area contributed by atoms with Crippen LogP contribution in [0.2, 0.25) is 0 Å². The fraction of sp³-hybridized carbons (Fsp3) is 0.533. The third-order valence-electron chi connectivity index (χ3n) is 4.39. The second-order valence-corrected chi connectivity index (χ2v) is 5.76. The number of rotatable bonds is 3. The number of fused-ring (bicyclic) bond motifs is 3. The lowest BCUT2D eigenvalue weighted by Gasteiger charge is -2.28. The van der Waals surface area contributed by atoms with Crippen molar-refractivity contribution in [3.8, 4) is 0 Å². The third-order valence-corrected chi connectivity index (χ3v) is 4.39. The maximum atomic E-state index is 12.7. The molecule has 118 valence electrons. The van der Waals surface area contributed by atoms with Gasteiger partial charge in [0.2, 0.25) is 5.91 Å². The Balaban J connectivity index is 2.13. The lowest BCUT2D eigenvalue weighted by Crippen LogP contribution is -2.44. The van der Waals surface area contributed by atoms with E-state index in [1.807, 2.05) is 11.8 Å². The molecule has 2 aliphatic rings. The van der Waals surface area contributed by atoms with Crippen LogP contribution in [0.15, 0.2) is 18.2 Å². The van der Waals surface area contributed by atoms with E-state index in [0.29, 0.717) is 12.1 Å². The third kappa shape index (κ3) is 2.21. The van der Waals surface area contributed by atoms with E-state index in [0.717, 1.165) is 31.5 Å². The Labute approximate surface area is 128 Å². The van der Waals surface area contributed by atoms with E-state index in [4.69, 9.17) is 0 Å². The smallest absolute Gasteiger partial charge is 0.270 e. The number of non-ortho nitro benzene ring substituents is 1. The van der Waals surface area contributed by atoms with Crippen molar-refractivity contribution >= 4 is 17.3 Å². The van der Waals surface area contributed by atoms with Gasteiger partial charge in [-0.1, -0.05) is 6.92 Å². The van der Waals surface area contributed by atoms with Crippen LogP contribution in [-0.4, -0.2) is 40.0 Å². The first-order valence-electron chi connectivity index (χ1n) is 7.58. The molecule has 0 aromatic heterocycles. The molecular weight excluding hydrogens is 286 g/mol.